The molecule has 2 aromatic rings. The molecule has 0 bridgehead atoms. The van der Waals surface area contributed by atoms with E-state index in [4.69, 9.17) is 0 Å². The van der Waals surface area contributed by atoms with Crippen molar-refractivity contribution in [2.75, 3.05) is 0 Å². The van der Waals surface area contributed by atoms with E-state index in [9.17, 15) is 10.1 Å². The minimum Gasteiger partial charge on any atom is -0.258 e. The van der Waals surface area contributed by atoms with Gasteiger partial charge in [0.2, 0.25) is 0 Å². The van der Waals surface area contributed by atoms with Gasteiger partial charge in [0.05, 0.1) is 4.92 Å². The fourth-order valence-corrected chi connectivity index (χ4v) is 3.71. The fourth-order valence-electron chi connectivity index (χ4n) is 1.14. The van der Waals surface area contributed by atoms with Gasteiger partial charge in [-0.1, -0.05) is 33.8 Å². The third kappa shape index (κ3) is 2.63. The molecule has 0 amide bonds. The van der Waals surface area contributed by atoms with Crippen LogP contribution in [0, 0.1) is 10.1 Å². The highest BCUT2D eigenvalue weighted by Gasteiger charge is 2.15. The number of hydrogen-bond donors (Lipinski definition) is 0. The molecule has 3 nitrogen and oxygen atoms in total. The van der Waals surface area contributed by atoms with Gasteiger partial charge in [0.15, 0.2) is 0 Å². The van der Waals surface area contributed by atoms with Crippen LogP contribution in [0.15, 0.2) is 49.3 Å². The molecule has 82 valence electrons. The highest BCUT2D eigenvalue weighted by Crippen LogP contribution is 2.39. The van der Waals surface area contributed by atoms with Crippen LogP contribution >= 0.6 is 39.0 Å². The van der Waals surface area contributed by atoms with Crippen LogP contribution in [-0.4, -0.2) is 4.92 Å². The molecule has 0 saturated carbocycles. The van der Waals surface area contributed by atoms with Gasteiger partial charge >= 0.3 is 0 Å². The smallest absolute Gasteiger partial charge is 0.258 e. The SMILES string of the molecule is O=[N+]([O-])c1ccsc1Sc1cccc(Br)c1. The van der Waals surface area contributed by atoms with E-state index < -0.39 is 0 Å². The van der Waals surface area contributed by atoms with Crippen molar-refractivity contribution >= 4 is 44.7 Å². The summed E-state index contributed by atoms with van der Waals surface area (Å²) in [6.45, 7) is 0. The first-order chi connectivity index (χ1) is 7.66. The van der Waals surface area contributed by atoms with Crippen molar-refractivity contribution in [3.05, 3.63) is 50.3 Å². The van der Waals surface area contributed by atoms with E-state index in [0.29, 0.717) is 4.21 Å². The molecular weight excluding hydrogens is 310 g/mol. The molecular formula is C10H6BrNO2S2. The van der Waals surface area contributed by atoms with E-state index in [2.05, 4.69) is 15.9 Å². The number of rotatable bonds is 3. The molecule has 1 aromatic carbocycles. The molecule has 1 aromatic heterocycles. The number of thiophene rings is 1. The lowest BCUT2D eigenvalue weighted by atomic mass is 10.4. The standard InChI is InChI=1S/C10H6BrNO2S2/c11-7-2-1-3-8(6-7)16-10-9(12(13)14)4-5-15-10/h1-6H. The van der Waals surface area contributed by atoms with Gasteiger partial charge in [-0.3, -0.25) is 10.1 Å². The quantitative estimate of drug-likeness (QED) is 0.615. The molecule has 16 heavy (non-hydrogen) atoms. The molecule has 0 atom stereocenters. The van der Waals surface area contributed by atoms with Crippen LogP contribution < -0.4 is 0 Å². The normalized spacial score (nSPS) is 10.3. The summed E-state index contributed by atoms with van der Waals surface area (Å²) in [6.07, 6.45) is 0. The monoisotopic (exact) mass is 315 g/mol. The maximum absolute atomic E-state index is 10.7. The molecule has 0 saturated heterocycles. The van der Waals surface area contributed by atoms with Crippen LogP contribution in [-0.2, 0) is 0 Å². The molecule has 0 aliphatic heterocycles. The van der Waals surface area contributed by atoms with Crippen molar-refractivity contribution in [3.63, 3.8) is 0 Å². The summed E-state index contributed by atoms with van der Waals surface area (Å²) >= 11 is 6.16. The van der Waals surface area contributed by atoms with Gasteiger partial charge in [-0.25, -0.2) is 0 Å². The van der Waals surface area contributed by atoms with Crippen LogP contribution in [0.5, 0.6) is 0 Å². The average molecular weight is 316 g/mol. The van der Waals surface area contributed by atoms with Gasteiger partial charge in [0.1, 0.15) is 4.21 Å². The van der Waals surface area contributed by atoms with Gasteiger partial charge in [-0.15, -0.1) is 11.3 Å². The Kier molecular flexibility index (Phi) is 3.63. The second kappa shape index (κ2) is 4.99. The van der Waals surface area contributed by atoms with Crippen molar-refractivity contribution in [2.24, 2.45) is 0 Å². The fraction of sp³-hybridized carbons (Fsp3) is 0. The van der Waals surface area contributed by atoms with Gasteiger partial charge in [-0.05, 0) is 23.6 Å². The van der Waals surface area contributed by atoms with Crippen molar-refractivity contribution in [1.82, 2.24) is 0 Å². The molecule has 0 fully saturated rings. The van der Waals surface area contributed by atoms with Gasteiger partial charge in [0, 0.05) is 15.4 Å². The first kappa shape index (κ1) is 11.6. The summed E-state index contributed by atoms with van der Waals surface area (Å²) in [5.41, 5.74) is 0.176. The summed E-state index contributed by atoms with van der Waals surface area (Å²) in [5, 5.41) is 12.5. The van der Waals surface area contributed by atoms with Gasteiger partial charge in [-0.2, -0.15) is 0 Å². The van der Waals surface area contributed by atoms with E-state index in [-0.39, 0.29) is 10.6 Å². The lowest BCUT2D eigenvalue weighted by Gasteiger charge is -1.99. The van der Waals surface area contributed by atoms with Crippen molar-refractivity contribution < 1.29 is 4.92 Å². The van der Waals surface area contributed by atoms with E-state index in [0.717, 1.165) is 9.37 Å². The predicted octanol–water partition coefficient (Wildman–Crippen LogP) is 4.57. The van der Waals surface area contributed by atoms with E-state index in [1.165, 1.54) is 29.2 Å². The highest BCUT2D eigenvalue weighted by molar-refractivity contribution is 9.10. The predicted molar refractivity (Wildman–Crippen MR) is 69.2 cm³/mol. The summed E-state index contributed by atoms with van der Waals surface area (Å²) in [7, 11) is 0. The molecule has 2 rings (SSSR count). The second-order valence-corrected chi connectivity index (χ2v) is 6.08. The number of benzene rings is 1. The number of hydrogen-bond acceptors (Lipinski definition) is 4. The number of halogens is 1. The minimum atomic E-state index is -0.350. The Morgan fingerprint density at radius 1 is 1.38 bits per heavy atom. The summed E-state index contributed by atoms with van der Waals surface area (Å²) in [6, 6.07) is 9.23. The second-order valence-electron chi connectivity index (χ2n) is 2.91. The molecule has 0 N–H and O–H groups in total. The molecule has 0 radical (unpaired) electrons. The topological polar surface area (TPSA) is 43.1 Å². The Morgan fingerprint density at radius 2 is 2.19 bits per heavy atom. The zero-order chi connectivity index (χ0) is 11.5. The number of nitro groups is 1. The van der Waals surface area contributed by atoms with Crippen LogP contribution in [0.25, 0.3) is 0 Å². The maximum Gasteiger partial charge on any atom is 0.294 e. The zero-order valence-electron chi connectivity index (χ0n) is 7.92. The van der Waals surface area contributed by atoms with Gasteiger partial charge < -0.3 is 0 Å². The lowest BCUT2D eigenvalue weighted by Crippen LogP contribution is -1.85. The molecule has 0 aliphatic rings. The average Bonchev–Trinajstić information content (AvgIpc) is 2.66. The Balaban J connectivity index is 2.27. The van der Waals surface area contributed by atoms with Crippen LogP contribution in [0.1, 0.15) is 0 Å². The Labute approximate surface area is 109 Å². The van der Waals surface area contributed by atoms with Crippen LogP contribution in [0.4, 0.5) is 5.69 Å². The van der Waals surface area contributed by atoms with Crippen molar-refractivity contribution in [2.45, 2.75) is 9.10 Å². The minimum absolute atomic E-state index is 0.176. The first-order valence-electron chi connectivity index (χ1n) is 4.32. The largest absolute Gasteiger partial charge is 0.294 e. The van der Waals surface area contributed by atoms with E-state index in [1.807, 2.05) is 24.3 Å². The molecule has 6 heteroatoms. The molecule has 0 aliphatic carbocycles. The summed E-state index contributed by atoms with van der Waals surface area (Å²) < 4.78 is 1.68. The van der Waals surface area contributed by atoms with Crippen LogP contribution in [0.2, 0.25) is 0 Å². The van der Waals surface area contributed by atoms with Crippen molar-refractivity contribution in [1.29, 1.82) is 0 Å². The third-order valence-electron chi connectivity index (χ3n) is 1.81. The van der Waals surface area contributed by atoms with E-state index >= 15 is 0 Å². The van der Waals surface area contributed by atoms with E-state index in [1.54, 1.807) is 5.38 Å². The summed E-state index contributed by atoms with van der Waals surface area (Å²) in [5.74, 6) is 0. The van der Waals surface area contributed by atoms with Crippen LogP contribution in [0.3, 0.4) is 0 Å². The molecule has 0 spiro atoms. The Bertz CT molecular complexity index is 527. The maximum atomic E-state index is 10.7. The lowest BCUT2D eigenvalue weighted by molar-refractivity contribution is -0.387. The van der Waals surface area contributed by atoms with Gasteiger partial charge in [0.25, 0.3) is 5.69 Å². The Morgan fingerprint density at radius 3 is 2.88 bits per heavy atom. The highest BCUT2D eigenvalue weighted by atomic mass is 79.9. The zero-order valence-corrected chi connectivity index (χ0v) is 11.1. The third-order valence-corrected chi connectivity index (χ3v) is 4.42. The Hall–Kier alpha value is -0.850. The van der Waals surface area contributed by atoms with Crippen molar-refractivity contribution in [3.8, 4) is 0 Å². The molecule has 1 heterocycles. The summed E-state index contributed by atoms with van der Waals surface area (Å²) in [4.78, 5) is 11.4. The first-order valence-corrected chi connectivity index (χ1v) is 6.81. The number of nitrogens with zero attached hydrogens (tertiary/aromatic N) is 1. The molecule has 0 unspecified atom stereocenters.